The van der Waals surface area contributed by atoms with Gasteiger partial charge in [-0.25, -0.2) is 0 Å². The van der Waals surface area contributed by atoms with E-state index in [2.05, 4.69) is 4.99 Å². The molecule has 1 heterocycles. The Labute approximate surface area is 71.6 Å². The average molecular weight is 161 g/mol. The van der Waals surface area contributed by atoms with Gasteiger partial charge in [0.1, 0.15) is 5.75 Å². The van der Waals surface area contributed by atoms with Crippen molar-refractivity contribution in [3.63, 3.8) is 0 Å². The van der Waals surface area contributed by atoms with Gasteiger partial charge in [-0.2, -0.15) is 0 Å². The molecule has 0 aromatic heterocycles. The summed E-state index contributed by atoms with van der Waals surface area (Å²) in [6.45, 7) is 2.02. The topological polar surface area (TPSA) is 32.6 Å². The molecule has 12 heavy (non-hydrogen) atoms. The van der Waals surface area contributed by atoms with E-state index in [0.717, 1.165) is 29.8 Å². The summed E-state index contributed by atoms with van der Waals surface area (Å²) in [6, 6.07) is 5.49. The minimum Gasteiger partial charge on any atom is -0.508 e. The van der Waals surface area contributed by atoms with Crippen molar-refractivity contribution in [3.8, 4) is 5.75 Å². The van der Waals surface area contributed by atoms with Gasteiger partial charge in [0.05, 0.1) is 5.69 Å². The van der Waals surface area contributed by atoms with Crippen LogP contribution in [0.1, 0.15) is 18.9 Å². The molecule has 0 atom stereocenters. The van der Waals surface area contributed by atoms with Crippen LogP contribution in [-0.2, 0) is 6.42 Å². The van der Waals surface area contributed by atoms with Gasteiger partial charge >= 0.3 is 0 Å². The molecule has 0 saturated carbocycles. The van der Waals surface area contributed by atoms with E-state index in [9.17, 15) is 5.11 Å². The maximum absolute atomic E-state index is 9.47. The fourth-order valence-corrected chi connectivity index (χ4v) is 1.49. The Morgan fingerprint density at radius 1 is 1.33 bits per heavy atom. The van der Waals surface area contributed by atoms with Crippen molar-refractivity contribution in [1.82, 2.24) is 0 Å². The Bertz CT molecular complexity index is 342. The van der Waals surface area contributed by atoms with Gasteiger partial charge in [0, 0.05) is 11.3 Å². The van der Waals surface area contributed by atoms with Crippen molar-refractivity contribution >= 4 is 11.4 Å². The molecule has 2 nitrogen and oxygen atoms in total. The van der Waals surface area contributed by atoms with Crippen LogP contribution < -0.4 is 0 Å². The van der Waals surface area contributed by atoms with Gasteiger partial charge in [-0.3, -0.25) is 4.99 Å². The number of nitrogens with zero attached hydrogens (tertiary/aromatic N) is 1. The highest BCUT2D eigenvalue weighted by atomic mass is 16.3. The highest BCUT2D eigenvalue weighted by Gasteiger charge is 2.11. The summed E-state index contributed by atoms with van der Waals surface area (Å²) in [5.74, 6) is 0.378. The first-order valence-corrected chi connectivity index (χ1v) is 4.12. The van der Waals surface area contributed by atoms with Gasteiger partial charge in [-0.1, -0.05) is 6.07 Å². The molecule has 62 valence electrons. The standard InChI is InChI=1S/C10H11NO/c1-7-5-6-8-9(11-7)3-2-4-10(8)12/h2-4,12H,5-6H2,1H3. The summed E-state index contributed by atoms with van der Waals surface area (Å²) >= 11 is 0. The zero-order chi connectivity index (χ0) is 8.55. The first-order valence-electron chi connectivity index (χ1n) is 4.12. The quantitative estimate of drug-likeness (QED) is 0.622. The van der Waals surface area contributed by atoms with E-state index in [-0.39, 0.29) is 0 Å². The van der Waals surface area contributed by atoms with Gasteiger partial charge in [0.15, 0.2) is 0 Å². The Morgan fingerprint density at radius 3 is 3.00 bits per heavy atom. The van der Waals surface area contributed by atoms with Crippen LogP contribution >= 0.6 is 0 Å². The molecule has 0 bridgehead atoms. The van der Waals surface area contributed by atoms with Crippen molar-refractivity contribution in [2.45, 2.75) is 19.8 Å². The van der Waals surface area contributed by atoms with E-state index in [1.165, 1.54) is 0 Å². The largest absolute Gasteiger partial charge is 0.508 e. The maximum Gasteiger partial charge on any atom is 0.120 e. The first kappa shape index (κ1) is 7.35. The molecule has 0 saturated heterocycles. The highest BCUT2D eigenvalue weighted by Crippen LogP contribution is 2.32. The molecule has 0 spiro atoms. The number of phenols is 1. The van der Waals surface area contributed by atoms with Crippen LogP contribution in [-0.4, -0.2) is 10.8 Å². The number of hydrogen-bond donors (Lipinski definition) is 1. The second-order valence-corrected chi connectivity index (χ2v) is 3.12. The van der Waals surface area contributed by atoms with Crippen LogP contribution in [0.5, 0.6) is 5.75 Å². The number of aromatic hydroxyl groups is 1. The Kier molecular flexibility index (Phi) is 1.61. The first-order chi connectivity index (χ1) is 5.77. The molecule has 1 aliphatic heterocycles. The van der Waals surface area contributed by atoms with E-state index < -0.39 is 0 Å². The van der Waals surface area contributed by atoms with Crippen LogP contribution in [0.25, 0.3) is 0 Å². The minimum absolute atomic E-state index is 0.378. The number of rotatable bonds is 0. The summed E-state index contributed by atoms with van der Waals surface area (Å²) in [4.78, 5) is 4.36. The normalized spacial score (nSPS) is 15.2. The van der Waals surface area contributed by atoms with Crippen LogP contribution in [0.15, 0.2) is 23.2 Å². The molecule has 1 N–H and O–H groups in total. The van der Waals surface area contributed by atoms with E-state index >= 15 is 0 Å². The SMILES string of the molecule is CC1=Nc2cccc(O)c2CC1. The van der Waals surface area contributed by atoms with Gasteiger partial charge in [-0.15, -0.1) is 0 Å². The molecular formula is C10H11NO. The summed E-state index contributed by atoms with van der Waals surface area (Å²) < 4.78 is 0. The second-order valence-electron chi connectivity index (χ2n) is 3.12. The number of phenolic OH excluding ortho intramolecular Hbond substituents is 1. The number of fused-ring (bicyclic) bond motifs is 1. The van der Waals surface area contributed by atoms with E-state index in [1.807, 2.05) is 19.1 Å². The Balaban J connectivity index is 2.57. The van der Waals surface area contributed by atoms with E-state index in [0.29, 0.717) is 5.75 Å². The van der Waals surface area contributed by atoms with Crippen LogP contribution in [0.2, 0.25) is 0 Å². The van der Waals surface area contributed by atoms with Crippen molar-refractivity contribution in [2.24, 2.45) is 4.99 Å². The number of benzene rings is 1. The lowest BCUT2D eigenvalue weighted by molar-refractivity contribution is 0.468. The number of aliphatic imine (C=N–C) groups is 1. The van der Waals surface area contributed by atoms with Crippen LogP contribution in [0.4, 0.5) is 5.69 Å². The highest BCUT2D eigenvalue weighted by molar-refractivity contribution is 5.87. The molecule has 2 rings (SSSR count). The second kappa shape index (κ2) is 2.63. The zero-order valence-corrected chi connectivity index (χ0v) is 7.04. The Hall–Kier alpha value is -1.31. The smallest absolute Gasteiger partial charge is 0.120 e. The molecule has 0 aliphatic carbocycles. The van der Waals surface area contributed by atoms with Gasteiger partial charge in [0.2, 0.25) is 0 Å². The monoisotopic (exact) mass is 161 g/mol. The summed E-state index contributed by atoms with van der Waals surface area (Å²) in [7, 11) is 0. The summed E-state index contributed by atoms with van der Waals surface area (Å²) in [5, 5.41) is 9.47. The van der Waals surface area contributed by atoms with Gasteiger partial charge in [-0.05, 0) is 31.9 Å². The maximum atomic E-state index is 9.47. The molecule has 0 unspecified atom stereocenters. The van der Waals surface area contributed by atoms with Crippen molar-refractivity contribution < 1.29 is 5.11 Å². The third-order valence-corrected chi connectivity index (χ3v) is 2.17. The van der Waals surface area contributed by atoms with Crippen LogP contribution in [0, 0.1) is 0 Å². The molecule has 1 aliphatic rings. The average Bonchev–Trinajstić information content (AvgIpc) is 2.04. The van der Waals surface area contributed by atoms with Crippen LogP contribution in [0.3, 0.4) is 0 Å². The Morgan fingerprint density at radius 2 is 2.17 bits per heavy atom. The van der Waals surface area contributed by atoms with Crippen molar-refractivity contribution in [1.29, 1.82) is 0 Å². The van der Waals surface area contributed by atoms with Gasteiger partial charge in [0.25, 0.3) is 0 Å². The zero-order valence-electron chi connectivity index (χ0n) is 7.04. The van der Waals surface area contributed by atoms with E-state index in [1.54, 1.807) is 6.07 Å². The lowest BCUT2D eigenvalue weighted by atomic mass is 10.0. The summed E-state index contributed by atoms with van der Waals surface area (Å²) in [5.41, 5.74) is 3.06. The molecular weight excluding hydrogens is 150 g/mol. The molecule has 1 aromatic carbocycles. The third-order valence-electron chi connectivity index (χ3n) is 2.17. The molecule has 0 amide bonds. The number of hydrogen-bond acceptors (Lipinski definition) is 2. The molecule has 0 radical (unpaired) electrons. The molecule has 2 heteroatoms. The minimum atomic E-state index is 0.378. The lowest BCUT2D eigenvalue weighted by Crippen LogP contribution is -2.01. The molecule has 0 fully saturated rings. The predicted molar refractivity (Wildman–Crippen MR) is 49.2 cm³/mol. The molecule has 1 aromatic rings. The van der Waals surface area contributed by atoms with Crippen molar-refractivity contribution in [3.05, 3.63) is 23.8 Å². The predicted octanol–water partition coefficient (Wildman–Crippen LogP) is 2.43. The fourth-order valence-electron chi connectivity index (χ4n) is 1.49. The van der Waals surface area contributed by atoms with Gasteiger partial charge < -0.3 is 5.11 Å². The third kappa shape index (κ3) is 1.09. The van der Waals surface area contributed by atoms with E-state index in [4.69, 9.17) is 0 Å². The fraction of sp³-hybridized carbons (Fsp3) is 0.300. The summed E-state index contributed by atoms with van der Waals surface area (Å²) in [6.07, 6.45) is 1.88. The van der Waals surface area contributed by atoms with Crippen molar-refractivity contribution in [2.75, 3.05) is 0 Å². The lowest BCUT2D eigenvalue weighted by Gasteiger charge is -2.13.